The van der Waals surface area contributed by atoms with Crippen molar-refractivity contribution in [2.75, 3.05) is 33.1 Å². The van der Waals surface area contributed by atoms with Crippen LogP contribution in [-0.4, -0.2) is 51.9 Å². The van der Waals surface area contributed by atoms with Crippen molar-refractivity contribution >= 4 is 45.4 Å². The maximum atomic E-state index is 14.1. The second-order valence-corrected chi connectivity index (χ2v) is 14.0. The number of nitrogens with zero attached hydrogens (tertiary/aromatic N) is 1. The zero-order chi connectivity index (χ0) is 29.3. The van der Waals surface area contributed by atoms with Crippen molar-refractivity contribution in [1.29, 1.82) is 0 Å². The molecule has 11 heteroatoms. The topological polar surface area (TPSA) is 103 Å². The van der Waals surface area contributed by atoms with Gasteiger partial charge >= 0.3 is 242 Å². The van der Waals surface area contributed by atoms with Crippen LogP contribution in [0.15, 0.2) is 54.7 Å². The summed E-state index contributed by atoms with van der Waals surface area (Å²) in [5.74, 6) is -0.111. The molecule has 0 amide bonds. The molecule has 0 spiro atoms. The number of carbonyl (C=O) groups is 1. The summed E-state index contributed by atoms with van der Waals surface area (Å²) in [7, 11) is 6.07. The molecule has 0 bridgehead atoms. The summed E-state index contributed by atoms with van der Waals surface area (Å²) >= 11 is -2.83. The maximum absolute atomic E-state index is 14.1. The van der Waals surface area contributed by atoms with E-state index in [1.165, 1.54) is 28.4 Å². The number of hydrogen-bond donors (Lipinski definition) is 2. The molecular weight excluding hydrogens is 649 g/mol. The molecule has 2 aromatic heterocycles. The van der Waals surface area contributed by atoms with E-state index in [4.69, 9.17) is 23.9 Å². The number of alkyl halides is 2. The Kier molecular flexibility index (Phi) is 8.27. The van der Waals surface area contributed by atoms with Gasteiger partial charge in [0.2, 0.25) is 0 Å². The quantitative estimate of drug-likeness (QED) is 0.0991. The van der Waals surface area contributed by atoms with Gasteiger partial charge in [0.15, 0.2) is 0 Å². The Bertz CT molecular complexity index is 1750. The Morgan fingerprint density at radius 2 is 1.61 bits per heavy atom. The average Bonchev–Trinajstić information content (AvgIpc) is 3.38. The van der Waals surface area contributed by atoms with Crippen molar-refractivity contribution in [2.24, 2.45) is 0 Å². The summed E-state index contributed by atoms with van der Waals surface area (Å²) in [5.41, 5.74) is 3.12. The minimum absolute atomic E-state index is 0.192. The van der Waals surface area contributed by atoms with Crippen molar-refractivity contribution in [3.8, 4) is 34.3 Å². The van der Waals surface area contributed by atoms with Crippen LogP contribution >= 0.6 is 19.8 Å². The summed E-state index contributed by atoms with van der Waals surface area (Å²) in [6.07, 6.45) is 1.63. The van der Waals surface area contributed by atoms with Crippen LogP contribution in [0.5, 0.6) is 23.0 Å². The van der Waals surface area contributed by atoms with Crippen LogP contribution in [-0.2, 0) is 4.43 Å². The predicted molar refractivity (Wildman–Crippen MR) is 161 cm³/mol. The first-order valence-electron chi connectivity index (χ1n) is 12.3. The number of rotatable bonds is 10. The number of aromatic amines is 1. The van der Waals surface area contributed by atoms with E-state index in [1.54, 1.807) is 42.6 Å². The molecule has 2 heterocycles. The molecule has 5 rings (SSSR count). The van der Waals surface area contributed by atoms with Crippen LogP contribution in [0, 0.1) is 11.6 Å². The summed E-state index contributed by atoms with van der Waals surface area (Å²) in [6, 6.07) is 12.6. The summed E-state index contributed by atoms with van der Waals surface area (Å²) in [4.78, 5) is 21.9. The number of ether oxygens (including phenoxy) is 4. The molecule has 0 unspecified atom stereocenters. The van der Waals surface area contributed by atoms with Gasteiger partial charge in [0.25, 0.3) is 0 Å². The van der Waals surface area contributed by atoms with Gasteiger partial charge in [-0.15, -0.1) is 0 Å². The fraction of sp³-hybridized carbons (Fsp3) is 0.200. The van der Waals surface area contributed by atoms with Crippen LogP contribution in [0.2, 0.25) is 0 Å². The number of aliphatic hydroxyl groups excluding tert-OH is 1. The third-order valence-corrected chi connectivity index (χ3v) is 11.2. The first-order valence-corrected chi connectivity index (χ1v) is 16.5. The number of pyridine rings is 1. The van der Waals surface area contributed by atoms with Gasteiger partial charge in [-0.05, 0) is 0 Å². The molecule has 8 nitrogen and oxygen atoms in total. The number of H-pyrrole nitrogens is 1. The van der Waals surface area contributed by atoms with E-state index < -0.39 is 31.5 Å². The van der Waals surface area contributed by atoms with E-state index in [-0.39, 0.29) is 12.8 Å². The van der Waals surface area contributed by atoms with Crippen LogP contribution in [0.25, 0.3) is 33.1 Å². The van der Waals surface area contributed by atoms with Crippen molar-refractivity contribution in [3.05, 3.63) is 77.5 Å². The number of aromatic nitrogens is 2. The fourth-order valence-electron chi connectivity index (χ4n) is 4.63. The van der Waals surface area contributed by atoms with Gasteiger partial charge in [-0.2, -0.15) is 0 Å². The zero-order valence-electron chi connectivity index (χ0n) is 22.7. The standard InChI is InChI=1S/C30H27F2IN2O6/c1-38-18-5-6-24-20(9-18)21(11-25(35-24)16-7-27(39-2)29(41-4)28(8-16)40-3)30(37)33(15-36)13-17-14-34-26-12-23(32)22(31)10-19(17)26/h5-12,14,34,36H,13,15H2,1-4H3. The third kappa shape index (κ3) is 5.38. The van der Waals surface area contributed by atoms with Gasteiger partial charge in [-0.3, -0.25) is 0 Å². The molecule has 0 aliphatic heterocycles. The molecule has 0 saturated heterocycles. The van der Waals surface area contributed by atoms with Crippen molar-refractivity contribution in [1.82, 2.24) is 9.97 Å². The Labute approximate surface area is 241 Å². The molecule has 214 valence electrons. The van der Waals surface area contributed by atoms with E-state index in [0.29, 0.717) is 67.2 Å². The van der Waals surface area contributed by atoms with Gasteiger partial charge in [0, 0.05) is 0 Å². The normalized spacial score (nSPS) is 11.5. The fourth-order valence-corrected chi connectivity index (χ4v) is 8.42. The van der Waals surface area contributed by atoms with Crippen LogP contribution in [0.3, 0.4) is 0 Å². The molecule has 0 aliphatic rings. The van der Waals surface area contributed by atoms with Crippen molar-refractivity contribution in [3.63, 3.8) is 0 Å². The van der Waals surface area contributed by atoms with Crippen LogP contribution in [0.4, 0.5) is 8.78 Å². The molecule has 0 radical (unpaired) electrons. The monoisotopic (exact) mass is 676 g/mol. The molecular formula is C30H27F2IN2O6. The number of carbonyl (C=O) groups excluding carboxylic acids is 1. The van der Waals surface area contributed by atoms with Gasteiger partial charge in [-0.25, -0.2) is 0 Å². The molecule has 5 aromatic rings. The number of methoxy groups -OCH3 is 4. The Balaban J connectivity index is 1.63. The molecule has 0 saturated carbocycles. The summed E-state index contributed by atoms with van der Waals surface area (Å²) < 4.78 is 49.4. The Morgan fingerprint density at radius 3 is 2.24 bits per heavy atom. The summed E-state index contributed by atoms with van der Waals surface area (Å²) in [6.45, 7) is 0. The molecule has 0 atom stereocenters. The van der Waals surface area contributed by atoms with E-state index in [2.05, 4.69) is 4.98 Å². The predicted octanol–water partition coefficient (Wildman–Crippen LogP) is 6.49. The Morgan fingerprint density at radius 1 is 0.902 bits per heavy atom. The average molecular weight is 676 g/mol. The van der Waals surface area contributed by atoms with Crippen molar-refractivity contribution in [2.45, 2.75) is 4.43 Å². The molecule has 2 N–H and O–H groups in total. The number of hydrogen-bond acceptors (Lipinski definition) is 7. The minimum atomic E-state index is -2.83. The van der Waals surface area contributed by atoms with Crippen LogP contribution in [0.1, 0.15) is 15.9 Å². The second-order valence-electron chi connectivity index (χ2n) is 8.96. The third-order valence-electron chi connectivity index (χ3n) is 6.69. The van der Waals surface area contributed by atoms with E-state index in [0.717, 1.165) is 12.1 Å². The number of halogens is 3. The number of aliphatic hydroxyl groups is 1. The van der Waals surface area contributed by atoms with Gasteiger partial charge in [0.1, 0.15) is 0 Å². The first kappa shape index (κ1) is 28.6. The summed E-state index contributed by atoms with van der Waals surface area (Å²) in [5, 5.41) is 11.5. The number of fused-ring (bicyclic) bond motifs is 2. The van der Waals surface area contributed by atoms with E-state index in [9.17, 15) is 18.7 Å². The van der Waals surface area contributed by atoms with E-state index in [1.807, 2.05) is 0 Å². The SMILES string of the molecule is COc1ccc2nc(-c3cc(OC)c(OC)c(OC)c3)cc(C(=O)I(CO)Cc3c[nH]c4cc(F)c(F)cc34)c2c1. The van der Waals surface area contributed by atoms with Gasteiger partial charge in [0.05, 0.1) is 0 Å². The second kappa shape index (κ2) is 11.9. The first-order chi connectivity index (χ1) is 19.8. The van der Waals surface area contributed by atoms with Gasteiger partial charge < -0.3 is 0 Å². The Hall–Kier alpha value is -3.97. The zero-order valence-corrected chi connectivity index (χ0v) is 24.8. The molecule has 41 heavy (non-hydrogen) atoms. The number of nitrogens with one attached hydrogen (secondary N) is 1. The molecule has 0 fully saturated rings. The molecule has 3 aromatic carbocycles. The van der Waals surface area contributed by atoms with Crippen LogP contribution < -0.4 is 18.9 Å². The number of benzene rings is 3. The van der Waals surface area contributed by atoms with Crippen molar-refractivity contribution < 1.29 is 37.6 Å². The van der Waals surface area contributed by atoms with E-state index >= 15 is 0 Å². The van der Waals surface area contributed by atoms with Gasteiger partial charge in [-0.1, -0.05) is 0 Å². The molecule has 0 aliphatic carbocycles.